The Morgan fingerprint density at radius 1 is 1.19 bits per heavy atom. The molecule has 3 heterocycles. The van der Waals surface area contributed by atoms with E-state index in [9.17, 15) is 14.3 Å². The second-order valence-corrected chi connectivity index (χ2v) is 7.82. The van der Waals surface area contributed by atoms with Crippen LogP contribution < -0.4 is 10.2 Å². The Kier molecular flexibility index (Phi) is 5.95. The molecule has 2 atom stereocenters. The van der Waals surface area contributed by atoms with Crippen LogP contribution >= 0.6 is 0 Å². The summed E-state index contributed by atoms with van der Waals surface area (Å²) in [6, 6.07) is 8.85. The maximum Gasteiger partial charge on any atom is 0.357 e. The number of benzene rings is 1. The van der Waals surface area contributed by atoms with Gasteiger partial charge in [-0.05, 0) is 32.4 Å². The number of carboxylic acid groups (broad SMARTS) is 1. The van der Waals surface area contributed by atoms with Gasteiger partial charge in [0.2, 0.25) is 5.95 Å². The van der Waals surface area contributed by atoms with E-state index in [2.05, 4.69) is 25.5 Å². The van der Waals surface area contributed by atoms with Crippen molar-refractivity contribution < 1.29 is 19.0 Å². The van der Waals surface area contributed by atoms with E-state index in [0.29, 0.717) is 30.2 Å². The van der Waals surface area contributed by atoms with Gasteiger partial charge in [0.25, 0.3) is 0 Å². The number of aromatic nitrogens is 4. The summed E-state index contributed by atoms with van der Waals surface area (Å²) in [6.45, 7) is 7.01. The quantitative estimate of drug-likeness (QED) is 0.618. The monoisotopic (exact) mass is 438 g/mol. The summed E-state index contributed by atoms with van der Waals surface area (Å²) in [6.07, 6.45) is 1.08. The smallest absolute Gasteiger partial charge is 0.357 e. The Bertz CT molecular complexity index is 1130. The highest BCUT2D eigenvalue weighted by atomic mass is 19.1. The third-order valence-corrected chi connectivity index (χ3v) is 5.04. The Hall–Kier alpha value is -3.66. The molecule has 0 unspecified atom stereocenters. The van der Waals surface area contributed by atoms with Crippen LogP contribution in [0.5, 0.6) is 0 Å². The molecule has 1 aliphatic rings. The van der Waals surface area contributed by atoms with Gasteiger partial charge in [-0.25, -0.2) is 14.2 Å². The molecule has 1 aliphatic heterocycles. The van der Waals surface area contributed by atoms with E-state index in [0.717, 1.165) is 11.8 Å². The topological polar surface area (TPSA) is 113 Å². The Morgan fingerprint density at radius 3 is 2.53 bits per heavy atom. The number of aryl methyl sites for hydroxylation is 1. The van der Waals surface area contributed by atoms with E-state index in [-0.39, 0.29) is 29.5 Å². The van der Waals surface area contributed by atoms with Crippen LogP contribution in [0.2, 0.25) is 0 Å². The zero-order valence-electron chi connectivity index (χ0n) is 17.9. The van der Waals surface area contributed by atoms with Crippen molar-refractivity contribution in [2.45, 2.75) is 33.0 Å². The molecule has 0 bridgehead atoms. The third-order valence-electron chi connectivity index (χ3n) is 5.04. The van der Waals surface area contributed by atoms with Crippen LogP contribution in [-0.2, 0) is 4.74 Å². The summed E-state index contributed by atoms with van der Waals surface area (Å²) in [5.74, 6) is -1.41. The van der Waals surface area contributed by atoms with Crippen LogP contribution in [0.25, 0.3) is 11.1 Å². The van der Waals surface area contributed by atoms with Crippen LogP contribution in [0.3, 0.4) is 0 Å². The van der Waals surface area contributed by atoms with Crippen molar-refractivity contribution in [2.75, 3.05) is 23.3 Å². The van der Waals surface area contributed by atoms with Crippen LogP contribution in [0.4, 0.5) is 22.0 Å². The fourth-order valence-corrected chi connectivity index (χ4v) is 3.62. The van der Waals surface area contributed by atoms with E-state index in [1.807, 2.05) is 37.8 Å². The number of nitrogens with zero attached hydrogens (tertiary/aromatic N) is 5. The molecule has 1 fully saturated rings. The van der Waals surface area contributed by atoms with Gasteiger partial charge in [0, 0.05) is 18.7 Å². The van der Waals surface area contributed by atoms with Crippen molar-refractivity contribution in [3.8, 4) is 11.1 Å². The molecule has 0 radical (unpaired) electrons. The molecule has 2 aromatic heterocycles. The van der Waals surface area contributed by atoms with Crippen molar-refractivity contribution in [2.24, 2.45) is 0 Å². The largest absolute Gasteiger partial charge is 0.476 e. The summed E-state index contributed by atoms with van der Waals surface area (Å²) in [5, 5.41) is 20.1. The minimum absolute atomic E-state index is 0.00434. The molecule has 166 valence electrons. The van der Waals surface area contributed by atoms with Gasteiger partial charge in [0.1, 0.15) is 0 Å². The fourth-order valence-electron chi connectivity index (χ4n) is 3.62. The summed E-state index contributed by atoms with van der Waals surface area (Å²) in [5.41, 5.74) is 1.86. The predicted octanol–water partition coefficient (Wildman–Crippen LogP) is 3.44. The second-order valence-electron chi connectivity index (χ2n) is 7.82. The molecule has 1 aromatic carbocycles. The van der Waals surface area contributed by atoms with Gasteiger partial charge in [-0.3, -0.25) is 0 Å². The molecule has 0 spiro atoms. The fraction of sp³-hybridized carbons (Fsp3) is 0.318. The first-order chi connectivity index (χ1) is 15.3. The number of rotatable bonds is 5. The predicted molar refractivity (Wildman–Crippen MR) is 117 cm³/mol. The average molecular weight is 438 g/mol. The lowest BCUT2D eigenvalue weighted by atomic mass is 10.0. The minimum atomic E-state index is -1.20. The Balaban J connectivity index is 1.66. The van der Waals surface area contributed by atoms with Gasteiger partial charge in [-0.1, -0.05) is 29.8 Å². The molecule has 9 nitrogen and oxygen atoms in total. The number of ether oxygens (including phenoxy) is 1. The highest BCUT2D eigenvalue weighted by Gasteiger charge is 2.25. The lowest BCUT2D eigenvalue weighted by molar-refractivity contribution is -0.00572. The van der Waals surface area contributed by atoms with Crippen LogP contribution in [-0.4, -0.2) is 56.5 Å². The van der Waals surface area contributed by atoms with Crippen molar-refractivity contribution in [1.82, 2.24) is 20.2 Å². The van der Waals surface area contributed by atoms with Crippen molar-refractivity contribution >= 4 is 23.6 Å². The zero-order chi connectivity index (χ0) is 22.8. The number of nitrogens with one attached hydrogen (secondary N) is 1. The van der Waals surface area contributed by atoms with E-state index >= 15 is 0 Å². The first-order valence-corrected chi connectivity index (χ1v) is 10.2. The van der Waals surface area contributed by atoms with Crippen molar-refractivity contribution in [1.29, 1.82) is 0 Å². The number of morpholine rings is 1. The summed E-state index contributed by atoms with van der Waals surface area (Å²) in [4.78, 5) is 22.0. The summed E-state index contributed by atoms with van der Waals surface area (Å²) in [7, 11) is 0. The first kappa shape index (κ1) is 21.6. The standard InChI is InChI=1S/C22H23FN6O3/c1-12-4-6-15(7-5-12)16-8-18(27-28-19(16)21(30)31)25-20-17(23)9-24-22(26-20)29-10-13(2)32-14(3)11-29/h4-9,13-14H,10-11H2,1-3H3,(H,30,31)(H,24,25,26,27)/t13-,14+. The Labute approximate surface area is 184 Å². The number of hydrogen-bond donors (Lipinski definition) is 2. The van der Waals surface area contributed by atoms with Gasteiger partial charge in [-0.2, -0.15) is 4.98 Å². The van der Waals surface area contributed by atoms with Crippen LogP contribution in [0.1, 0.15) is 29.9 Å². The number of halogens is 1. The molecule has 2 N–H and O–H groups in total. The number of aromatic carboxylic acids is 1. The van der Waals surface area contributed by atoms with Gasteiger partial charge < -0.3 is 20.1 Å². The summed E-state index contributed by atoms with van der Waals surface area (Å²) >= 11 is 0. The lowest BCUT2D eigenvalue weighted by Gasteiger charge is -2.35. The van der Waals surface area contributed by atoms with E-state index in [1.54, 1.807) is 12.1 Å². The molecule has 0 amide bonds. The minimum Gasteiger partial charge on any atom is -0.476 e. The first-order valence-electron chi connectivity index (χ1n) is 10.2. The molecule has 0 aliphatic carbocycles. The maximum absolute atomic E-state index is 14.5. The highest BCUT2D eigenvalue weighted by Crippen LogP contribution is 2.27. The van der Waals surface area contributed by atoms with Crippen LogP contribution in [0.15, 0.2) is 36.5 Å². The molecular formula is C22H23FN6O3. The lowest BCUT2D eigenvalue weighted by Crippen LogP contribution is -2.46. The maximum atomic E-state index is 14.5. The number of hydrogen-bond acceptors (Lipinski definition) is 8. The number of carboxylic acids is 1. The molecule has 4 rings (SSSR count). The van der Waals surface area contributed by atoms with Crippen LogP contribution in [0, 0.1) is 12.7 Å². The van der Waals surface area contributed by atoms with Gasteiger partial charge in [-0.15, -0.1) is 10.2 Å². The van der Waals surface area contributed by atoms with E-state index < -0.39 is 11.8 Å². The molecular weight excluding hydrogens is 415 g/mol. The Morgan fingerprint density at radius 2 is 1.88 bits per heavy atom. The second kappa shape index (κ2) is 8.83. The molecule has 1 saturated heterocycles. The molecule has 10 heteroatoms. The van der Waals surface area contributed by atoms with Crippen molar-refractivity contribution in [3.63, 3.8) is 0 Å². The number of carbonyl (C=O) groups is 1. The van der Waals surface area contributed by atoms with E-state index in [1.165, 1.54) is 6.07 Å². The highest BCUT2D eigenvalue weighted by molar-refractivity contribution is 5.94. The number of anilines is 3. The summed E-state index contributed by atoms with van der Waals surface area (Å²) < 4.78 is 20.2. The molecule has 32 heavy (non-hydrogen) atoms. The van der Waals surface area contributed by atoms with Gasteiger partial charge in [0.05, 0.1) is 18.4 Å². The van der Waals surface area contributed by atoms with Gasteiger partial charge >= 0.3 is 5.97 Å². The SMILES string of the molecule is Cc1ccc(-c2cc(Nc3nc(N4C[C@@H](C)O[C@@H](C)C4)ncc3F)nnc2C(=O)O)cc1. The van der Waals surface area contributed by atoms with Gasteiger partial charge in [0.15, 0.2) is 23.1 Å². The zero-order valence-corrected chi connectivity index (χ0v) is 17.9. The molecule has 0 saturated carbocycles. The average Bonchev–Trinajstić information content (AvgIpc) is 2.75. The normalized spacial score (nSPS) is 18.4. The molecule has 3 aromatic rings. The van der Waals surface area contributed by atoms with Crippen molar-refractivity contribution in [3.05, 3.63) is 53.6 Å². The third kappa shape index (κ3) is 4.65. The van der Waals surface area contributed by atoms with E-state index in [4.69, 9.17) is 4.74 Å².